The molecule has 0 bridgehead atoms. The Hall–Kier alpha value is -0.860. The number of aliphatic hydroxyl groups excluding tert-OH is 1. The zero-order valence-corrected chi connectivity index (χ0v) is 7.21. The van der Waals surface area contributed by atoms with Crippen molar-refractivity contribution in [1.82, 2.24) is 0 Å². The summed E-state index contributed by atoms with van der Waals surface area (Å²) in [6.07, 6.45) is 0. The molecule has 0 aromatic heterocycles. The molecule has 1 aromatic carbocycles. The van der Waals surface area contributed by atoms with Crippen molar-refractivity contribution < 1.29 is 9.90 Å². The van der Waals surface area contributed by atoms with Crippen molar-refractivity contribution in [3.63, 3.8) is 0 Å². The van der Waals surface area contributed by atoms with Gasteiger partial charge < -0.3 is 5.11 Å². The first-order valence-corrected chi connectivity index (χ1v) is 4.10. The van der Waals surface area contributed by atoms with Gasteiger partial charge in [0.1, 0.15) is 0 Å². The monoisotopic (exact) mass is 184 g/mol. The Morgan fingerprint density at radius 1 is 1.33 bits per heavy atom. The van der Waals surface area contributed by atoms with Gasteiger partial charge in [-0.25, -0.2) is 0 Å². The van der Waals surface area contributed by atoms with E-state index in [0.29, 0.717) is 5.56 Å². The molecule has 0 unspecified atom stereocenters. The number of halogens is 1. The van der Waals surface area contributed by atoms with E-state index >= 15 is 0 Å². The zero-order chi connectivity index (χ0) is 8.97. The van der Waals surface area contributed by atoms with Crippen LogP contribution in [0.5, 0.6) is 0 Å². The van der Waals surface area contributed by atoms with Crippen LogP contribution in [0.4, 0.5) is 0 Å². The number of benzene rings is 1. The molecule has 0 aliphatic heterocycles. The van der Waals surface area contributed by atoms with Gasteiger partial charge in [0.2, 0.25) is 0 Å². The van der Waals surface area contributed by atoms with Gasteiger partial charge in [0.05, 0.1) is 12.5 Å². The summed E-state index contributed by atoms with van der Waals surface area (Å²) in [6.45, 7) is -0.00462. The Balaban J connectivity index is 2.84. The van der Waals surface area contributed by atoms with Gasteiger partial charge in [0.25, 0.3) is 0 Å². The Morgan fingerprint density at radius 3 is 2.33 bits per heavy atom. The second-order valence-electron chi connectivity index (χ2n) is 2.41. The maximum Gasteiger partial charge on any atom is 0.177 e. The van der Waals surface area contributed by atoms with Crippen molar-refractivity contribution in [3.8, 4) is 0 Å². The lowest BCUT2D eigenvalue weighted by Gasteiger charge is -1.98. The minimum atomic E-state index is -0.0962. The van der Waals surface area contributed by atoms with Crippen molar-refractivity contribution in [2.45, 2.75) is 6.61 Å². The number of carbonyl (C=O) groups is 1. The first kappa shape index (κ1) is 9.23. The second-order valence-corrected chi connectivity index (χ2v) is 2.68. The number of rotatable bonds is 3. The summed E-state index contributed by atoms with van der Waals surface area (Å²) in [5.41, 5.74) is 1.38. The second kappa shape index (κ2) is 4.24. The Labute approximate surface area is 75.8 Å². The summed E-state index contributed by atoms with van der Waals surface area (Å²) in [5.74, 6) is -0.0977. The van der Waals surface area contributed by atoms with Crippen LogP contribution in [0.2, 0.25) is 0 Å². The summed E-state index contributed by atoms with van der Waals surface area (Å²) >= 11 is 5.36. The number of Topliss-reactive ketones (excluding diaryl/α,β-unsaturated/α-hetero) is 1. The average Bonchev–Trinajstić information content (AvgIpc) is 2.17. The smallest absolute Gasteiger partial charge is 0.177 e. The Bertz CT molecular complexity index is 266. The molecule has 0 aliphatic rings. The number of ketones is 1. The van der Waals surface area contributed by atoms with E-state index in [0.717, 1.165) is 5.56 Å². The molecule has 0 spiro atoms. The molecule has 2 nitrogen and oxygen atoms in total. The van der Waals surface area contributed by atoms with E-state index in [9.17, 15) is 4.79 Å². The van der Waals surface area contributed by atoms with Gasteiger partial charge >= 0.3 is 0 Å². The molecule has 1 rings (SSSR count). The van der Waals surface area contributed by atoms with Gasteiger partial charge in [-0.05, 0) is 5.56 Å². The van der Waals surface area contributed by atoms with Crippen LogP contribution in [0.3, 0.4) is 0 Å². The Morgan fingerprint density at radius 2 is 1.92 bits per heavy atom. The molecule has 1 aromatic rings. The normalized spacial score (nSPS) is 9.83. The molecule has 12 heavy (non-hydrogen) atoms. The molecular weight excluding hydrogens is 176 g/mol. The van der Waals surface area contributed by atoms with Crippen molar-refractivity contribution in [2.24, 2.45) is 0 Å². The maximum atomic E-state index is 11.0. The van der Waals surface area contributed by atoms with Crippen molar-refractivity contribution >= 4 is 17.4 Å². The third kappa shape index (κ3) is 2.06. The first-order chi connectivity index (χ1) is 5.77. The number of hydrogen-bond donors (Lipinski definition) is 1. The first-order valence-electron chi connectivity index (χ1n) is 3.57. The number of carbonyl (C=O) groups excluding carboxylic acids is 1. The van der Waals surface area contributed by atoms with E-state index in [1.165, 1.54) is 0 Å². The fourth-order valence-electron chi connectivity index (χ4n) is 0.873. The molecule has 0 saturated heterocycles. The van der Waals surface area contributed by atoms with Gasteiger partial charge in [0.15, 0.2) is 5.78 Å². The van der Waals surface area contributed by atoms with Crippen molar-refractivity contribution in [3.05, 3.63) is 35.4 Å². The lowest BCUT2D eigenvalue weighted by atomic mass is 10.1. The molecule has 0 saturated carbocycles. The standard InChI is InChI=1S/C9H9ClO2/c10-5-9(12)8-3-1-7(6-11)2-4-8/h1-4,11H,5-6H2. The van der Waals surface area contributed by atoms with Crippen LogP contribution in [0.1, 0.15) is 15.9 Å². The highest BCUT2D eigenvalue weighted by Crippen LogP contribution is 2.05. The molecular formula is C9H9ClO2. The maximum absolute atomic E-state index is 11.0. The number of hydrogen-bond acceptors (Lipinski definition) is 2. The SMILES string of the molecule is O=C(CCl)c1ccc(CO)cc1. The van der Waals surface area contributed by atoms with Crippen LogP contribution in [0, 0.1) is 0 Å². The van der Waals surface area contributed by atoms with Gasteiger partial charge in [-0.1, -0.05) is 24.3 Å². The molecule has 0 aliphatic carbocycles. The van der Waals surface area contributed by atoms with Crippen LogP contribution in [0.15, 0.2) is 24.3 Å². The van der Waals surface area contributed by atoms with E-state index in [4.69, 9.17) is 16.7 Å². The molecule has 0 atom stereocenters. The molecule has 0 radical (unpaired) electrons. The largest absolute Gasteiger partial charge is 0.392 e. The van der Waals surface area contributed by atoms with Gasteiger partial charge in [-0.3, -0.25) is 4.79 Å². The summed E-state index contributed by atoms with van der Waals surface area (Å²) in [5, 5.41) is 8.71. The van der Waals surface area contributed by atoms with Crippen molar-refractivity contribution in [1.29, 1.82) is 0 Å². The van der Waals surface area contributed by atoms with Crippen molar-refractivity contribution in [2.75, 3.05) is 5.88 Å². The highest BCUT2D eigenvalue weighted by atomic mass is 35.5. The lowest BCUT2D eigenvalue weighted by molar-refractivity contribution is 0.102. The average molecular weight is 185 g/mol. The predicted octanol–water partition coefficient (Wildman–Crippen LogP) is 1.60. The van der Waals surface area contributed by atoms with Crippen LogP contribution >= 0.6 is 11.6 Å². The lowest BCUT2D eigenvalue weighted by Crippen LogP contribution is -1.99. The minimum Gasteiger partial charge on any atom is -0.392 e. The topological polar surface area (TPSA) is 37.3 Å². The summed E-state index contributed by atoms with van der Waals surface area (Å²) in [6, 6.07) is 6.74. The molecule has 3 heteroatoms. The number of aliphatic hydroxyl groups is 1. The molecule has 1 N–H and O–H groups in total. The summed E-state index contributed by atoms with van der Waals surface area (Å²) in [4.78, 5) is 11.0. The highest BCUT2D eigenvalue weighted by Gasteiger charge is 2.02. The molecule has 0 amide bonds. The van der Waals surface area contributed by atoms with E-state index in [1.807, 2.05) is 0 Å². The Kier molecular flexibility index (Phi) is 3.26. The van der Waals surface area contributed by atoms with Crippen LogP contribution in [-0.4, -0.2) is 16.8 Å². The van der Waals surface area contributed by atoms with Crippen LogP contribution in [0.25, 0.3) is 0 Å². The third-order valence-electron chi connectivity index (χ3n) is 1.58. The van der Waals surface area contributed by atoms with E-state index in [1.54, 1.807) is 24.3 Å². The fourth-order valence-corrected chi connectivity index (χ4v) is 1.03. The summed E-state index contributed by atoms with van der Waals surface area (Å²) < 4.78 is 0. The predicted molar refractivity (Wildman–Crippen MR) is 47.4 cm³/mol. The van der Waals surface area contributed by atoms with Gasteiger partial charge in [0, 0.05) is 5.56 Å². The van der Waals surface area contributed by atoms with Crippen LogP contribution in [-0.2, 0) is 6.61 Å². The van der Waals surface area contributed by atoms with E-state index in [2.05, 4.69) is 0 Å². The van der Waals surface area contributed by atoms with Crippen LogP contribution < -0.4 is 0 Å². The molecule has 0 heterocycles. The van der Waals surface area contributed by atoms with E-state index < -0.39 is 0 Å². The fraction of sp³-hybridized carbons (Fsp3) is 0.222. The third-order valence-corrected chi connectivity index (χ3v) is 1.82. The molecule has 64 valence electrons. The van der Waals surface area contributed by atoms with Gasteiger partial charge in [-0.2, -0.15) is 0 Å². The summed E-state index contributed by atoms with van der Waals surface area (Å²) in [7, 11) is 0. The zero-order valence-electron chi connectivity index (χ0n) is 6.46. The highest BCUT2D eigenvalue weighted by molar-refractivity contribution is 6.30. The van der Waals surface area contributed by atoms with E-state index in [-0.39, 0.29) is 18.3 Å². The minimum absolute atomic E-state index is 0.00152. The quantitative estimate of drug-likeness (QED) is 0.573. The number of alkyl halides is 1. The van der Waals surface area contributed by atoms with Gasteiger partial charge in [-0.15, -0.1) is 11.6 Å². The molecule has 0 fully saturated rings.